The average molecular weight is 285 g/mol. The number of benzene rings is 1. The summed E-state index contributed by atoms with van der Waals surface area (Å²) in [6, 6.07) is 7.81. The van der Waals surface area contributed by atoms with Gasteiger partial charge in [0.05, 0.1) is 21.6 Å². The van der Waals surface area contributed by atoms with Crippen LogP contribution in [0.2, 0.25) is 0 Å². The van der Waals surface area contributed by atoms with Crippen LogP contribution in [0.1, 0.15) is 16.3 Å². The first-order valence-corrected chi connectivity index (χ1v) is 7.23. The van der Waals surface area contributed by atoms with E-state index in [4.69, 9.17) is 0 Å². The van der Waals surface area contributed by atoms with Crippen molar-refractivity contribution in [2.75, 3.05) is 5.32 Å². The zero-order valence-electron chi connectivity index (χ0n) is 11.4. The summed E-state index contributed by atoms with van der Waals surface area (Å²) in [5, 5.41) is 3.95. The molecule has 0 fully saturated rings. The molecule has 0 aliphatic carbocycles. The van der Waals surface area contributed by atoms with Crippen molar-refractivity contribution in [1.29, 1.82) is 0 Å². The van der Waals surface area contributed by atoms with Crippen LogP contribution in [0.25, 0.3) is 10.2 Å². The highest BCUT2D eigenvalue weighted by molar-refractivity contribution is 7.18. The van der Waals surface area contributed by atoms with Gasteiger partial charge in [-0.15, -0.1) is 11.3 Å². The molecular formula is C15H15N3OS. The fourth-order valence-corrected chi connectivity index (χ4v) is 2.99. The number of fused-ring (bicyclic) bond motifs is 1. The van der Waals surface area contributed by atoms with Crippen LogP contribution < -0.4 is 5.32 Å². The molecule has 3 aromatic rings. The SMILES string of the molecule is Cc1cc(CC(=O)Nc2ccc3sc(C)nc3c2)c[nH]1. The van der Waals surface area contributed by atoms with Crippen molar-refractivity contribution < 1.29 is 4.79 Å². The van der Waals surface area contributed by atoms with Gasteiger partial charge in [0.25, 0.3) is 0 Å². The molecule has 4 nitrogen and oxygen atoms in total. The molecule has 20 heavy (non-hydrogen) atoms. The summed E-state index contributed by atoms with van der Waals surface area (Å²) in [6.07, 6.45) is 2.24. The standard InChI is InChI=1S/C15H15N3OS/c1-9-5-11(8-16-9)6-15(19)18-12-3-4-14-13(7-12)17-10(2)20-14/h3-5,7-8,16H,6H2,1-2H3,(H,18,19). The van der Waals surface area contributed by atoms with E-state index in [0.29, 0.717) is 6.42 Å². The van der Waals surface area contributed by atoms with E-state index in [-0.39, 0.29) is 5.91 Å². The van der Waals surface area contributed by atoms with E-state index in [2.05, 4.69) is 15.3 Å². The lowest BCUT2D eigenvalue weighted by atomic mass is 10.2. The van der Waals surface area contributed by atoms with E-state index in [1.807, 2.05) is 44.3 Å². The number of aromatic nitrogens is 2. The largest absolute Gasteiger partial charge is 0.365 e. The number of aryl methyl sites for hydroxylation is 2. The molecule has 2 N–H and O–H groups in total. The van der Waals surface area contributed by atoms with Gasteiger partial charge < -0.3 is 10.3 Å². The number of carbonyl (C=O) groups is 1. The number of thiazole rings is 1. The van der Waals surface area contributed by atoms with Crippen LogP contribution in [0, 0.1) is 13.8 Å². The Hall–Kier alpha value is -2.14. The molecule has 0 bridgehead atoms. The first kappa shape index (κ1) is 12.9. The minimum atomic E-state index is -0.0182. The first-order valence-electron chi connectivity index (χ1n) is 6.41. The van der Waals surface area contributed by atoms with Crippen LogP contribution in [0.4, 0.5) is 5.69 Å². The van der Waals surface area contributed by atoms with Crippen molar-refractivity contribution in [2.45, 2.75) is 20.3 Å². The van der Waals surface area contributed by atoms with Gasteiger partial charge in [0.2, 0.25) is 5.91 Å². The zero-order valence-corrected chi connectivity index (χ0v) is 12.2. The van der Waals surface area contributed by atoms with Crippen LogP contribution in [-0.4, -0.2) is 15.9 Å². The summed E-state index contributed by atoms with van der Waals surface area (Å²) in [4.78, 5) is 19.5. The van der Waals surface area contributed by atoms with Crippen LogP contribution in [0.5, 0.6) is 0 Å². The number of amides is 1. The molecule has 0 unspecified atom stereocenters. The van der Waals surface area contributed by atoms with Gasteiger partial charge in [-0.3, -0.25) is 4.79 Å². The fourth-order valence-electron chi connectivity index (χ4n) is 2.18. The second-order valence-corrected chi connectivity index (χ2v) is 6.07. The maximum atomic E-state index is 12.0. The van der Waals surface area contributed by atoms with Crippen LogP contribution in [0.3, 0.4) is 0 Å². The molecule has 0 spiro atoms. The highest BCUT2D eigenvalue weighted by Gasteiger charge is 2.07. The molecule has 3 rings (SSSR count). The predicted octanol–water partition coefficient (Wildman–Crippen LogP) is 3.42. The Morgan fingerprint density at radius 2 is 2.20 bits per heavy atom. The van der Waals surface area contributed by atoms with E-state index in [0.717, 1.165) is 32.2 Å². The van der Waals surface area contributed by atoms with Crippen molar-refractivity contribution in [1.82, 2.24) is 9.97 Å². The molecule has 1 aromatic carbocycles. The normalized spacial score (nSPS) is 10.9. The summed E-state index contributed by atoms with van der Waals surface area (Å²) in [6.45, 7) is 3.96. The van der Waals surface area contributed by atoms with Gasteiger partial charge in [-0.25, -0.2) is 4.98 Å². The predicted molar refractivity (Wildman–Crippen MR) is 82.2 cm³/mol. The van der Waals surface area contributed by atoms with Crippen molar-refractivity contribution in [3.63, 3.8) is 0 Å². The van der Waals surface area contributed by atoms with Gasteiger partial charge in [0, 0.05) is 17.6 Å². The minimum Gasteiger partial charge on any atom is -0.365 e. The van der Waals surface area contributed by atoms with E-state index in [9.17, 15) is 4.79 Å². The third-order valence-corrected chi connectivity index (χ3v) is 3.98. The molecule has 0 saturated carbocycles. The number of aromatic amines is 1. The molecule has 1 amide bonds. The highest BCUT2D eigenvalue weighted by Crippen LogP contribution is 2.24. The third kappa shape index (κ3) is 2.72. The quantitative estimate of drug-likeness (QED) is 0.774. The molecule has 5 heteroatoms. The highest BCUT2D eigenvalue weighted by atomic mass is 32.1. The minimum absolute atomic E-state index is 0.0182. The van der Waals surface area contributed by atoms with Gasteiger partial charge in [0.1, 0.15) is 0 Å². The molecule has 2 aromatic heterocycles. The van der Waals surface area contributed by atoms with Crippen molar-refractivity contribution in [2.24, 2.45) is 0 Å². The number of carbonyl (C=O) groups excluding carboxylic acids is 1. The molecule has 0 aliphatic rings. The molecule has 0 saturated heterocycles. The lowest BCUT2D eigenvalue weighted by Crippen LogP contribution is -2.13. The van der Waals surface area contributed by atoms with Crippen molar-refractivity contribution in [3.8, 4) is 0 Å². The Kier molecular flexibility index (Phi) is 3.28. The maximum absolute atomic E-state index is 12.0. The number of rotatable bonds is 3. The topological polar surface area (TPSA) is 57.8 Å². The van der Waals surface area contributed by atoms with Gasteiger partial charge in [-0.2, -0.15) is 0 Å². The summed E-state index contributed by atoms with van der Waals surface area (Å²) in [5.41, 5.74) is 3.78. The lowest BCUT2D eigenvalue weighted by Gasteiger charge is -2.04. The first-order chi connectivity index (χ1) is 9.60. The summed E-state index contributed by atoms with van der Waals surface area (Å²) in [7, 11) is 0. The molecule has 0 aliphatic heterocycles. The van der Waals surface area contributed by atoms with E-state index < -0.39 is 0 Å². The van der Waals surface area contributed by atoms with Gasteiger partial charge in [-0.1, -0.05) is 0 Å². The van der Waals surface area contributed by atoms with Crippen LogP contribution >= 0.6 is 11.3 Å². The maximum Gasteiger partial charge on any atom is 0.228 e. The van der Waals surface area contributed by atoms with Gasteiger partial charge in [-0.05, 0) is 43.7 Å². The summed E-state index contributed by atoms with van der Waals surface area (Å²) < 4.78 is 1.14. The zero-order chi connectivity index (χ0) is 14.1. The molecule has 2 heterocycles. The Labute approximate surface area is 120 Å². The molecule has 0 atom stereocenters. The summed E-state index contributed by atoms with van der Waals surface area (Å²) in [5.74, 6) is -0.0182. The lowest BCUT2D eigenvalue weighted by molar-refractivity contribution is -0.115. The fraction of sp³-hybridized carbons (Fsp3) is 0.200. The van der Waals surface area contributed by atoms with E-state index in [1.165, 1.54) is 0 Å². The Bertz CT molecular complexity index is 772. The number of nitrogens with one attached hydrogen (secondary N) is 2. The van der Waals surface area contributed by atoms with Crippen LogP contribution in [-0.2, 0) is 11.2 Å². The second kappa shape index (κ2) is 5.09. The number of nitrogens with zero attached hydrogens (tertiary/aromatic N) is 1. The number of hydrogen-bond acceptors (Lipinski definition) is 3. The Balaban J connectivity index is 1.73. The van der Waals surface area contributed by atoms with Gasteiger partial charge >= 0.3 is 0 Å². The van der Waals surface area contributed by atoms with Gasteiger partial charge in [0.15, 0.2) is 0 Å². The Morgan fingerprint density at radius 1 is 1.35 bits per heavy atom. The van der Waals surface area contributed by atoms with Crippen molar-refractivity contribution >= 4 is 33.1 Å². The van der Waals surface area contributed by atoms with Crippen molar-refractivity contribution in [3.05, 3.63) is 46.7 Å². The van der Waals surface area contributed by atoms with E-state index >= 15 is 0 Å². The smallest absolute Gasteiger partial charge is 0.228 e. The molecule has 0 radical (unpaired) electrons. The molecule has 102 valence electrons. The van der Waals surface area contributed by atoms with E-state index in [1.54, 1.807) is 11.3 Å². The third-order valence-electron chi connectivity index (χ3n) is 3.03. The van der Waals surface area contributed by atoms with Crippen LogP contribution in [0.15, 0.2) is 30.5 Å². The number of hydrogen-bond donors (Lipinski definition) is 2. The average Bonchev–Trinajstić information content (AvgIpc) is 2.93. The Morgan fingerprint density at radius 3 is 2.95 bits per heavy atom. The monoisotopic (exact) mass is 285 g/mol. The second-order valence-electron chi connectivity index (χ2n) is 4.83. The summed E-state index contributed by atoms with van der Waals surface area (Å²) >= 11 is 1.66. The number of H-pyrrole nitrogens is 1. The number of anilines is 1. The molecular weight excluding hydrogens is 270 g/mol.